The Morgan fingerprint density at radius 2 is 2.50 bits per heavy atom. The molecule has 0 aromatic carbocycles. The Bertz CT molecular complexity index is 42.8. The van der Waals surface area contributed by atoms with E-state index in [-0.39, 0.29) is 0 Å². The van der Waals surface area contributed by atoms with E-state index < -0.39 is 0 Å². The Morgan fingerprint density at radius 3 is 2.67 bits per heavy atom. The van der Waals surface area contributed by atoms with Gasteiger partial charge in [-0.3, -0.25) is 0 Å². The lowest BCUT2D eigenvalue weighted by atomic mass is 10.4. The summed E-state index contributed by atoms with van der Waals surface area (Å²) in [6, 6.07) is 0. The molecule has 0 aromatic heterocycles. The van der Waals surface area contributed by atoms with Gasteiger partial charge in [0.05, 0.1) is 0 Å². The number of unbranched alkanes of at least 4 members (excludes halogenated alkanes) is 1. The minimum Gasteiger partial charge on any atom is -0.146 e. The van der Waals surface area contributed by atoms with Crippen LogP contribution < -0.4 is 0 Å². The van der Waals surface area contributed by atoms with Crippen LogP contribution in [0.2, 0.25) is 0 Å². The van der Waals surface area contributed by atoms with E-state index in [1.165, 1.54) is 6.21 Å². The number of rotatable bonds is 2. The third kappa shape index (κ3) is 3.47. The van der Waals surface area contributed by atoms with Crippen molar-refractivity contribution >= 4 is 6.21 Å². The maximum absolute atomic E-state index is 9.26. The molecule has 35 valence electrons. The summed E-state index contributed by atoms with van der Waals surface area (Å²) >= 11 is 0. The summed E-state index contributed by atoms with van der Waals surface area (Å²) < 4.78 is 0. The van der Waals surface area contributed by atoms with E-state index >= 15 is 0 Å². The Morgan fingerprint density at radius 1 is 1.83 bits per heavy atom. The van der Waals surface area contributed by atoms with Crippen molar-refractivity contribution in [2.24, 2.45) is 5.16 Å². The highest BCUT2D eigenvalue weighted by atomic mass is 16.4. The van der Waals surface area contributed by atoms with E-state index in [0.717, 1.165) is 12.8 Å². The summed E-state index contributed by atoms with van der Waals surface area (Å²) in [7, 11) is 0. The van der Waals surface area contributed by atoms with Gasteiger partial charge in [0.1, 0.15) is 0 Å². The molecule has 2 heteroatoms. The third-order valence-electron chi connectivity index (χ3n) is 0.492. The average molecular weight is 86.1 g/mol. The molecule has 0 aliphatic rings. The SMILES string of the molecule is CCC/C=N\[O]. The van der Waals surface area contributed by atoms with Crippen LogP contribution in [0.5, 0.6) is 0 Å². The highest BCUT2D eigenvalue weighted by molar-refractivity contribution is 5.55. The van der Waals surface area contributed by atoms with Gasteiger partial charge in [0.25, 0.3) is 0 Å². The topological polar surface area (TPSA) is 32.3 Å². The van der Waals surface area contributed by atoms with Crippen molar-refractivity contribution in [3.05, 3.63) is 0 Å². The van der Waals surface area contributed by atoms with E-state index in [1.807, 2.05) is 6.92 Å². The van der Waals surface area contributed by atoms with Crippen LogP contribution in [0.25, 0.3) is 0 Å². The molecule has 0 bridgehead atoms. The average Bonchev–Trinajstić information content (AvgIpc) is 1.61. The van der Waals surface area contributed by atoms with Gasteiger partial charge in [0.15, 0.2) is 0 Å². The van der Waals surface area contributed by atoms with Gasteiger partial charge in [-0.15, -0.1) is 5.21 Å². The van der Waals surface area contributed by atoms with Crippen LogP contribution in [0.1, 0.15) is 19.8 Å². The Kier molecular flexibility index (Phi) is 4.08. The molecule has 0 spiro atoms. The zero-order chi connectivity index (χ0) is 4.83. The highest BCUT2D eigenvalue weighted by Gasteiger charge is 1.68. The van der Waals surface area contributed by atoms with E-state index in [9.17, 15) is 5.21 Å². The van der Waals surface area contributed by atoms with Gasteiger partial charge in [-0.05, 0) is 11.6 Å². The first-order chi connectivity index (χ1) is 2.91. The number of hydrogen-bond acceptors (Lipinski definition) is 1. The van der Waals surface area contributed by atoms with Crippen LogP contribution in [0.4, 0.5) is 0 Å². The number of hydrogen-bond donors (Lipinski definition) is 0. The van der Waals surface area contributed by atoms with Crippen LogP contribution in [-0.2, 0) is 5.21 Å². The van der Waals surface area contributed by atoms with Gasteiger partial charge in [0, 0.05) is 6.21 Å². The van der Waals surface area contributed by atoms with Gasteiger partial charge in [-0.1, -0.05) is 13.3 Å². The van der Waals surface area contributed by atoms with Crippen molar-refractivity contribution in [2.75, 3.05) is 0 Å². The first kappa shape index (κ1) is 5.47. The van der Waals surface area contributed by atoms with Crippen molar-refractivity contribution in [3.63, 3.8) is 0 Å². The molecule has 1 radical (unpaired) electrons. The van der Waals surface area contributed by atoms with Gasteiger partial charge < -0.3 is 0 Å². The number of nitrogens with zero attached hydrogens (tertiary/aromatic N) is 1. The summed E-state index contributed by atoms with van der Waals surface area (Å²) in [4.78, 5) is 0. The lowest BCUT2D eigenvalue weighted by Crippen LogP contribution is -1.67. The Labute approximate surface area is 37.5 Å². The molecular formula is C4H8NO. The van der Waals surface area contributed by atoms with Gasteiger partial charge >= 0.3 is 0 Å². The first-order valence-electron chi connectivity index (χ1n) is 2.06. The molecule has 0 atom stereocenters. The van der Waals surface area contributed by atoms with E-state index in [1.54, 1.807) is 0 Å². The summed E-state index contributed by atoms with van der Waals surface area (Å²) in [5.74, 6) is 0. The quantitative estimate of drug-likeness (QED) is 0.357. The first-order valence-corrected chi connectivity index (χ1v) is 2.06. The fourth-order valence-electron chi connectivity index (χ4n) is 0.182. The maximum Gasteiger partial charge on any atom is 0.0489 e. The molecule has 0 aliphatic carbocycles. The standard InChI is InChI=1S/C4H8NO/c1-2-3-4-5-6/h4H,2-3H2,1H3/b5-4-. The van der Waals surface area contributed by atoms with Crippen LogP contribution in [0.3, 0.4) is 0 Å². The Hall–Kier alpha value is -0.530. The fourth-order valence-corrected chi connectivity index (χ4v) is 0.182. The summed E-state index contributed by atoms with van der Waals surface area (Å²) in [5, 5.41) is 11.8. The minimum atomic E-state index is 0.809. The van der Waals surface area contributed by atoms with Crippen molar-refractivity contribution in [1.29, 1.82) is 0 Å². The molecule has 0 saturated heterocycles. The zero-order valence-corrected chi connectivity index (χ0v) is 3.85. The molecule has 0 fully saturated rings. The second-order valence-electron chi connectivity index (χ2n) is 1.08. The van der Waals surface area contributed by atoms with Crippen LogP contribution in [0.15, 0.2) is 5.16 Å². The predicted octanol–water partition coefficient (Wildman–Crippen LogP) is 1.20. The Balaban J connectivity index is 2.66. The van der Waals surface area contributed by atoms with Crippen molar-refractivity contribution in [2.45, 2.75) is 19.8 Å². The van der Waals surface area contributed by atoms with Gasteiger partial charge in [-0.2, -0.15) is 0 Å². The van der Waals surface area contributed by atoms with Crippen molar-refractivity contribution in [1.82, 2.24) is 0 Å². The van der Waals surface area contributed by atoms with Crippen LogP contribution in [0, 0.1) is 0 Å². The molecule has 0 aromatic rings. The largest absolute Gasteiger partial charge is 0.146 e. The lowest BCUT2D eigenvalue weighted by molar-refractivity contribution is 0.210. The molecule has 0 saturated carbocycles. The molecular weight excluding hydrogens is 78.0 g/mol. The van der Waals surface area contributed by atoms with Gasteiger partial charge in [-0.25, -0.2) is 0 Å². The van der Waals surface area contributed by atoms with Gasteiger partial charge in [0.2, 0.25) is 0 Å². The minimum absolute atomic E-state index is 0.809. The highest BCUT2D eigenvalue weighted by Crippen LogP contribution is 1.77. The van der Waals surface area contributed by atoms with Crippen LogP contribution in [-0.4, -0.2) is 6.21 Å². The second-order valence-corrected chi connectivity index (χ2v) is 1.08. The van der Waals surface area contributed by atoms with E-state index in [4.69, 9.17) is 0 Å². The molecule has 0 heterocycles. The second kappa shape index (κ2) is 4.47. The maximum atomic E-state index is 9.26. The summed E-state index contributed by atoms with van der Waals surface area (Å²) in [5.41, 5.74) is 0. The predicted molar refractivity (Wildman–Crippen MR) is 24.1 cm³/mol. The third-order valence-corrected chi connectivity index (χ3v) is 0.492. The normalized spacial score (nSPS) is 10.2. The van der Waals surface area contributed by atoms with Crippen molar-refractivity contribution < 1.29 is 5.21 Å². The molecule has 6 heavy (non-hydrogen) atoms. The van der Waals surface area contributed by atoms with E-state index in [2.05, 4.69) is 5.16 Å². The fraction of sp³-hybridized carbons (Fsp3) is 0.750. The summed E-state index contributed by atoms with van der Waals surface area (Å²) in [6.07, 6.45) is 3.19. The monoisotopic (exact) mass is 86.1 g/mol. The molecule has 2 nitrogen and oxygen atoms in total. The lowest BCUT2D eigenvalue weighted by Gasteiger charge is -1.72. The molecule has 0 rings (SSSR count). The molecule has 0 amide bonds. The molecule has 0 N–H and O–H groups in total. The molecule has 0 unspecified atom stereocenters. The zero-order valence-electron chi connectivity index (χ0n) is 3.85. The van der Waals surface area contributed by atoms with Crippen LogP contribution >= 0.6 is 0 Å². The summed E-state index contributed by atoms with van der Waals surface area (Å²) in [6.45, 7) is 2.00. The van der Waals surface area contributed by atoms with E-state index in [0.29, 0.717) is 0 Å². The molecule has 0 aliphatic heterocycles. The smallest absolute Gasteiger partial charge is 0.0489 e. The van der Waals surface area contributed by atoms with Crippen molar-refractivity contribution in [3.8, 4) is 0 Å².